The van der Waals surface area contributed by atoms with Gasteiger partial charge in [-0.15, -0.1) is 12.4 Å². The zero-order valence-corrected chi connectivity index (χ0v) is 11.6. The normalized spacial score (nSPS) is 11.1. The van der Waals surface area contributed by atoms with Crippen LogP contribution in [0.2, 0.25) is 10.0 Å². The average Bonchev–Trinajstić information content (AvgIpc) is 2.20. The van der Waals surface area contributed by atoms with E-state index < -0.39 is 0 Å². The predicted molar refractivity (Wildman–Crippen MR) is 71.7 cm³/mol. The van der Waals surface area contributed by atoms with E-state index in [2.05, 4.69) is 5.32 Å². The first-order valence-electron chi connectivity index (χ1n) is 4.75. The second kappa shape index (κ2) is 6.67. The van der Waals surface area contributed by atoms with Crippen LogP contribution in [0, 0.1) is 0 Å². The van der Waals surface area contributed by atoms with E-state index in [1.807, 2.05) is 26.0 Å². The SMILES string of the molecule is CC(C)(CO)NCc1cccc(Cl)c1Cl.Cl. The van der Waals surface area contributed by atoms with Crippen LogP contribution in [0.4, 0.5) is 0 Å². The summed E-state index contributed by atoms with van der Waals surface area (Å²) in [7, 11) is 0. The van der Waals surface area contributed by atoms with E-state index in [0.717, 1.165) is 5.56 Å². The molecule has 0 unspecified atom stereocenters. The topological polar surface area (TPSA) is 32.3 Å². The lowest BCUT2D eigenvalue weighted by Gasteiger charge is -2.23. The maximum absolute atomic E-state index is 9.07. The van der Waals surface area contributed by atoms with Crippen molar-refractivity contribution in [2.75, 3.05) is 6.61 Å². The van der Waals surface area contributed by atoms with Gasteiger partial charge in [0.05, 0.1) is 16.7 Å². The molecule has 0 bridgehead atoms. The Morgan fingerprint density at radius 3 is 2.50 bits per heavy atom. The molecule has 0 fully saturated rings. The molecule has 0 saturated heterocycles. The molecule has 0 aromatic heterocycles. The molecule has 0 saturated carbocycles. The van der Waals surface area contributed by atoms with E-state index in [9.17, 15) is 0 Å². The van der Waals surface area contributed by atoms with Crippen LogP contribution in [0.1, 0.15) is 19.4 Å². The van der Waals surface area contributed by atoms with Crippen LogP contribution in [0.25, 0.3) is 0 Å². The van der Waals surface area contributed by atoms with E-state index in [0.29, 0.717) is 16.6 Å². The van der Waals surface area contributed by atoms with Crippen LogP contribution in [0.3, 0.4) is 0 Å². The first-order chi connectivity index (χ1) is 6.96. The molecule has 16 heavy (non-hydrogen) atoms. The molecule has 5 heteroatoms. The van der Waals surface area contributed by atoms with Gasteiger partial charge in [0.1, 0.15) is 0 Å². The number of hydrogen-bond donors (Lipinski definition) is 2. The van der Waals surface area contributed by atoms with Gasteiger partial charge in [-0.1, -0.05) is 35.3 Å². The third kappa shape index (κ3) is 4.48. The fourth-order valence-corrected chi connectivity index (χ4v) is 1.46. The van der Waals surface area contributed by atoms with Gasteiger partial charge in [-0.2, -0.15) is 0 Å². The minimum atomic E-state index is -0.314. The Balaban J connectivity index is 0.00000225. The zero-order valence-electron chi connectivity index (χ0n) is 9.26. The highest BCUT2D eigenvalue weighted by atomic mass is 35.5. The number of hydrogen-bond acceptors (Lipinski definition) is 2. The van der Waals surface area contributed by atoms with Gasteiger partial charge in [-0.05, 0) is 25.5 Å². The number of aliphatic hydroxyl groups excluding tert-OH is 1. The van der Waals surface area contributed by atoms with Crippen LogP contribution >= 0.6 is 35.6 Å². The van der Waals surface area contributed by atoms with Gasteiger partial charge in [0.2, 0.25) is 0 Å². The van der Waals surface area contributed by atoms with E-state index in [1.165, 1.54) is 0 Å². The Hall–Kier alpha value is 0.01000. The number of nitrogens with one attached hydrogen (secondary N) is 1. The summed E-state index contributed by atoms with van der Waals surface area (Å²) in [6, 6.07) is 5.52. The van der Waals surface area contributed by atoms with E-state index in [4.69, 9.17) is 28.3 Å². The summed E-state index contributed by atoms with van der Waals surface area (Å²) in [5.74, 6) is 0. The van der Waals surface area contributed by atoms with Crippen molar-refractivity contribution in [1.29, 1.82) is 0 Å². The molecule has 2 N–H and O–H groups in total. The van der Waals surface area contributed by atoms with Crippen LogP contribution in [-0.4, -0.2) is 17.3 Å². The quantitative estimate of drug-likeness (QED) is 0.889. The standard InChI is InChI=1S/C11H15Cl2NO.ClH/c1-11(2,7-15)14-6-8-4-3-5-9(12)10(8)13;/h3-5,14-15H,6-7H2,1-2H3;1H. The molecule has 1 aromatic rings. The molecule has 0 spiro atoms. The van der Waals surface area contributed by atoms with Crippen molar-refractivity contribution in [3.05, 3.63) is 33.8 Å². The number of benzene rings is 1. The molecule has 0 aliphatic carbocycles. The van der Waals surface area contributed by atoms with Crippen LogP contribution < -0.4 is 5.32 Å². The van der Waals surface area contributed by atoms with Crippen molar-refractivity contribution < 1.29 is 5.11 Å². The summed E-state index contributed by atoms with van der Waals surface area (Å²) < 4.78 is 0. The third-order valence-corrected chi connectivity index (χ3v) is 3.04. The van der Waals surface area contributed by atoms with Gasteiger partial charge < -0.3 is 10.4 Å². The van der Waals surface area contributed by atoms with Crippen molar-refractivity contribution in [3.63, 3.8) is 0 Å². The van der Waals surface area contributed by atoms with Crippen LogP contribution in [-0.2, 0) is 6.54 Å². The lowest BCUT2D eigenvalue weighted by molar-refractivity contribution is 0.187. The summed E-state index contributed by atoms with van der Waals surface area (Å²) in [5, 5.41) is 13.4. The van der Waals surface area contributed by atoms with Crippen LogP contribution in [0.5, 0.6) is 0 Å². The summed E-state index contributed by atoms with van der Waals surface area (Å²) in [5.41, 5.74) is 0.622. The molecule has 0 aliphatic rings. The first-order valence-corrected chi connectivity index (χ1v) is 5.50. The minimum absolute atomic E-state index is 0. The number of rotatable bonds is 4. The molecule has 1 rings (SSSR count). The molecule has 0 aliphatic heterocycles. The van der Waals surface area contributed by atoms with Gasteiger partial charge in [-0.25, -0.2) is 0 Å². The fourth-order valence-electron chi connectivity index (χ4n) is 1.08. The summed E-state index contributed by atoms with van der Waals surface area (Å²) in [6.45, 7) is 4.51. The molecule has 0 amide bonds. The highest BCUT2D eigenvalue weighted by Gasteiger charge is 2.15. The number of halogens is 3. The van der Waals surface area contributed by atoms with Crippen molar-refractivity contribution in [2.24, 2.45) is 0 Å². The molecule has 1 aromatic carbocycles. The van der Waals surface area contributed by atoms with E-state index in [1.54, 1.807) is 6.07 Å². The van der Waals surface area contributed by atoms with Crippen molar-refractivity contribution >= 4 is 35.6 Å². The summed E-state index contributed by atoms with van der Waals surface area (Å²) in [4.78, 5) is 0. The van der Waals surface area contributed by atoms with Gasteiger partial charge >= 0.3 is 0 Å². The highest BCUT2D eigenvalue weighted by Crippen LogP contribution is 2.25. The maximum Gasteiger partial charge on any atom is 0.0637 e. The molecule has 92 valence electrons. The Morgan fingerprint density at radius 1 is 1.31 bits per heavy atom. The maximum atomic E-state index is 9.07. The molecule has 0 heterocycles. The Morgan fingerprint density at radius 2 is 1.94 bits per heavy atom. The molecule has 0 radical (unpaired) electrons. The second-order valence-corrected chi connectivity index (χ2v) is 4.89. The smallest absolute Gasteiger partial charge is 0.0637 e. The fraction of sp³-hybridized carbons (Fsp3) is 0.455. The third-order valence-electron chi connectivity index (χ3n) is 2.18. The van der Waals surface area contributed by atoms with Gasteiger partial charge in [0, 0.05) is 12.1 Å². The summed E-state index contributed by atoms with van der Waals surface area (Å²) in [6.07, 6.45) is 0. The molecular formula is C11H16Cl3NO. The molecular weight excluding hydrogens is 268 g/mol. The van der Waals surface area contributed by atoms with Crippen molar-refractivity contribution in [3.8, 4) is 0 Å². The van der Waals surface area contributed by atoms with E-state index >= 15 is 0 Å². The lowest BCUT2D eigenvalue weighted by Crippen LogP contribution is -2.42. The Kier molecular flexibility index (Phi) is 6.68. The van der Waals surface area contributed by atoms with Crippen molar-refractivity contribution in [2.45, 2.75) is 25.9 Å². The van der Waals surface area contributed by atoms with E-state index in [-0.39, 0.29) is 24.6 Å². The molecule has 0 atom stereocenters. The average molecular weight is 285 g/mol. The van der Waals surface area contributed by atoms with Gasteiger partial charge in [-0.3, -0.25) is 0 Å². The first kappa shape index (κ1) is 16.0. The van der Waals surface area contributed by atoms with Crippen molar-refractivity contribution in [1.82, 2.24) is 5.32 Å². The minimum Gasteiger partial charge on any atom is -0.394 e. The second-order valence-electron chi connectivity index (χ2n) is 4.11. The Bertz CT molecular complexity index is 342. The van der Waals surface area contributed by atoms with Gasteiger partial charge in [0.25, 0.3) is 0 Å². The number of aliphatic hydroxyl groups is 1. The van der Waals surface area contributed by atoms with Crippen LogP contribution in [0.15, 0.2) is 18.2 Å². The zero-order chi connectivity index (χ0) is 11.5. The Labute approximate surface area is 112 Å². The predicted octanol–water partition coefficient (Wildman–Crippen LogP) is 3.28. The molecule has 2 nitrogen and oxygen atoms in total. The van der Waals surface area contributed by atoms with Gasteiger partial charge in [0.15, 0.2) is 0 Å². The summed E-state index contributed by atoms with van der Waals surface area (Å²) >= 11 is 11.9. The largest absolute Gasteiger partial charge is 0.394 e. The highest BCUT2D eigenvalue weighted by molar-refractivity contribution is 6.42. The monoisotopic (exact) mass is 283 g/mol. The lowest BCUT2D eigenvalue weighted by atomic mass is 10.1.